The molecule has 0 bridgehead atoms. The Bertz CT molecular complexity index is 152. The van der Waals surface area contributed by atoms with Crippen LogP contribution in [0.3, 0.4) is 0 Å². The van der Waals surface area contributed by atoms with Crippen LogP contribution in [0.15, 0.2) is 0 Å². The lowest BCUT2D eigenvalue weighted by Gasteiger charge is -2.20. The van der Waals surface area contributed by atoms with Crippen LogP contribution in [0.5, 0.6) is 0 Å². The van der Waals surface area contributed by atoms with Crippen LogP contribution in [0.25, 0.3) is 0 Å². The van der Waals surface area contributed by atoms with Gasteiger partial charge in [0.05, 0.1) is 19.3 Å². The fourth-order valence-corrected chi connectivity index (χ4v) is 1.96. The van der Waals surface area contributed by atoms with Crippen molar-refractivity contribution in [1.82, 2.24) is 0 Å². The summed E-state index contributed by atoms with van der Waals surface area (Å²) in [5, 5.41) is 9.41. The highest BCUT2D eigenvalue weighted by molar-refractivity contribution is 9.10. The first-order valence-electron chi connectivity index (χ1n) is 3.34. The number of hydrogen-bond donors (Lipinski definition) is 1. The molecule has 58 valence electrons. The van der Waals surface area contributed by atoms with Gasteiger partial charge in [0, 0.05) is 0 Å². The standard InChI is InChI=1S/C6H9BrO3/c7-6-1-2-9-5(6)10-3-4(6)8/h4-5,8H,1-3H2/t4-,5+,6+/m1/s1. The molecule has 10 heavy (non-hydrogen) atoms. The summed E-state index contributed by atoms with van der Waals surface area (Å²) in [5.41, 5.74) is 0. The molecule has 2 heterocycles. The molecule has 0 saturated carbocycles. The number of aliphatic hydroxyl groups is 1. The largest absolute Gasteiger partial charge is 0.389 e. The fraction of sp³-hybridized carbons (Fsp3) is 1.00. The summed E-state index contributed by atoms with van der Waals surface area (Å²) in [6, 6.07) is 0. The van der Waals surface area contributed by atoms with E-state index in [4.69, 9.17) is 9.47 Å². The monoisotopic (exact) mass is 208 g/mol. The Hall–Kier alpha value is 0.360. The number of rotatable bonds is 0. The average molecular weight is 209 g/mol. The molecule has 0 aromatic heterocycles. The van der Waals surface area contributed by atoms with Crippen LogP contribution in [0, 0.1) is 0 Å². The van der Waals surface area contributed by atoms with E-state index in [1.54, 1.807) is 0 Å². The summed E-state index contributed by atoms with van der Waals surface area (Å²) in [7, 11) is 0. The van der Waals surface area contributed by atoms with E-state index in [1.807, 2.05) is 0 Å². The van der Waals surface area contributed by atoms with Crippen molar-refractivity contribution in [2.45, 2.75) is 23.1 Å². The van der Waals surface area contributed by atoms with Gasteiger partial charge in [0.15, 0.2) is 6.29 Å². The first-order chi connectivity index (χ1) is 4.73. The van der Waals surface area contributed by atoms with Crippen molar-refractivity contribution < 1.29 is 14.6 Å². The molecule has 0 aromatic carbocycles. The Kier molecular flexibility index (Phi) is 1.53. The maximum atomic E-state index is 9.41. The van der Waals surface area contributed by atoms with E-state index in [0.29, 0.717) is 13.2 Å². The highest BCUT2D eigenvalue weighted by atomic mass is 79.9. The molecule has 4 heteroatoms. The smallest absolute Gasteiger partial charge is 0.175 e. The van der Waals surface area contributed by atoms with E-state index in [2.05, 4.69) is 15.9 Å². The lowest BCUT2D eigenvalue weighted by atomic mass is 10.0. The SMILES string of the molecule is O[C@@H]1CO[C@@H]2OCC[C@@]21Br. The summed E-state index contributed by atoms with van der Waals surface area (Å²) < 4.78 is 10.1. The molecule has 0 spiro atoms. The quantitative estimate of drug-likeness (QED) is 0.581. The third-order valence-electron chi connectivity index (χ3n) is 2.11. The molecule has 1 N–H and O–H groups in total. The van der Waals surface area contributed by atoms with Crippen molar-refractivity contribution >= 4 is 15.9 Å². The predicted molar refractivity (Wildman–Crippen MR) is 38.0 cm³/mol. The highest BCUT2D eigenvalue weighted by Crippen LogP contribution is 2.42. The van der Waals surface area contributed by atoms with Gasteiger partial charge < -0.3 is 14.6 Å². The zero-order valence-electron chi connectivity index (χ0n) is 5.42. The maximum absolute atomic E-state index is 9.41. The predicted octanol–water partition coefficient (Wildman–Crippen LogP) is 0.258. The second kappa shape index (κ2) is 2.17. The van der Waals surface area contributed by atoms with Gasteiger partial charge in [-0.3, -0.25) is 0 Å². The van der Waals surface area contributed by atoms with Gasteiger partial charge in [0.25, 0.3) is 0 Å². The van der Waals surface area contributed by atoms with E-state index >= 15 is 0 Å². The molecule has 0 radical (unpaired) electrons. The van der Waals surface area contributed by atoms with Crippen LogP contribution in [0.4, 0.5) is 0 Å². The van der Waals surface area contributed by atoms with Gasteiger partial charge in [-0.15, -0.1) is 0 Å². The Balaban J connectivity index is 2.21. The number of alkyl halides is 1. The fourth-order valence-electron chi connectivity index (χ4n) is 1.41. The van der Waals surface area contributed by atoms with Gasteiger partial charge in [-0.1, -0.05) is 15.9 Å². The molecule has 2 aliphatic rings. The van der Waals surface area contributed by atoms with E-state index in [0.717, 1.165) is 6.42 Å². The molecule has 2 rings (SSSR count). The highest BCUT2D eigenvalue weighted by Gasteiger charge is 2.53. The van der Waals surface area contributed by atoms with Crippen LogP contribution in [0.2, 0.25) is 0 Å². The second-order valence-electron chi connectivity index (χ2n) is 2.73. The molecule has 3 atom stereocenters. The molecule has 3 nitrogen and oxygen atoms in total. The molecule has 0 amide bonds. The lowest BCUT2D eigenvalue weighted by Crippen LogP contribution is -2.36. The number of aliphatic hydroxyl groups excluding tert-OH is 1. The average Bonchev–Trinajstić information content (AvgIpc) is 2.36. The number of halogens is 1. The van der Waals surface area contributed by atoms with Crippen molar-refractivity contribution in [3.8, 4) is 0 Å². The van der Waals surface area contributed by atoms with Gasteiger partial charge in [0.2, 0.25) is 0 Å². The molecule has 0 aliphatic carbocycles. The Morgan fingerprint density at radius 3 is 3.00 bits per heavy atom. The third-order valence-corrected chi connectivity index (χ3v) is 3.40. The van der Waals surface area contributed by atoms with Crippen molar-refractivity contribution in [2.24, 2.45) is 0 Å². The second-order valence-corrected chi connectivity index (χ2v) is 4.21. The Labute approximate surface area is 67.4 Å². The minimum Gasteiger partial charge on any atom is -0.389 e. The summed E-state index contributed by atoms with van der Waals surface area (Å²) >= 11 is 3.44. The van der Waals surface area contributed by atoms with E-state index in [9.17, 15) is 5.11 Å². The first-order valence-corrected chi connectivity index (χ1v) is 4.13. The van der Waals surface area contributed by atoms with E-state index in [-0.39, 0.29) is 10.6 Å². The van der Waals surface area contributed by atoms with Crippen LogP contribution >= 0.6 is 15.9 Å². The molecule has 0 unspecified atom stereocenters. The van der Waals surface area contributed by atoms with Crippen LogP contribution in [0.1, 0.15) is 6.42 Å². The van der Waals surface area contributed by atoms with Gasteiger partial charge in [0.1, 0.15) is 4.32 Å². The number of ether oxygens (including phenoxy) is 2. The van der Waals surface area contributed by atoms with E-state index < -0.39 is 6.10 Å². The Morgan fingerprint density at radius 1 is 1.50 bits per heavy atom. The zero-order chi connectivity index (χ0) is 7.19. The topological polar surface area (TPSA) is 38.7 Å². The van der Waals surface area contributed by atoms with Crippen molar-refractivity contribution in [3.63, 3.8) is 0 Å². The molecule has 2 fully saturated rings. The van der Waals surface area contributed by atoms with E-state index in [1.165, 1.54) is 0 Å². The number of hydrogen-bond acceptors (Lipinski definition) is 3. The third kappa shape index (κ3) is 0.763. The minimum atomic E-state index is -0.417. The zero-order valence-corrected chi connectivity index (χ0v) is 7.00. The van der Waals surface area contributed by atoms with Crippen LogP contribution < -0.4 is 0 Å². The van der Waals surface area contributed by atoms with Crippen molar-refractivity contribution in [1.29, 1.82) is 0 Å². The van der Waals surface area contributed by atoms with Crippen molar-refractivity contribution in [2.75, 3.05) is 13.2 Å². The summed E-state index contributed by atoms with van der Waals surface area (Å²) in [5.74, 6) is 0. The lowest BCUT2D eigenvalue weighted by molar-refractivity contribution is -0.0861. The maximum Gasteiger partial charge on any atom is 0.175 e. The molecule has 0 aromatic rings. The van der Waals surface area contributed by atoms with Gasteiger partial charge >= 0.3 is 0 Å². The summed E-state index contributed by atoms with van der Waals surface area (Å²) in [4.78, 5) is 0. The minimum absolute atomic E-state index is 0.234. The van der Waals surface area contributed by atoms with Gasteiger partial charge in [-0.2, -0.15) is 0 Å². The molecular weight excluding hydrogens is 200 g/mol. The summed E-state index contributed by atoms with van der Waals surface area (Å²) in [6.07, 6.45) is 0.182. The van der Waals surface area contributed by atoms with Crippen LogP contribution in [-0.4, -0.2) is 35.0 Å². The molecular formula is C6H9BrO3. The molecule has 2 aliphatic heterocycles. The summed E-state index contributed by atoms with van der Waals surface area (Å²) in [6.45, 7) is 1.06. The Morgan fingerprint density at radius 2 is 2.30 bits per heavy atom. The molecule has 2 saturated heterocycles. The van der Waals surface area contributed by atoms with Crippen molar-refractivity contribution in [3.05, 3.63) is 0 Å². The normalized spacial score (nSPS) is 53.4. The number of fused-ring (bicyclic) bond motifs is 1. The first kappa shape index (κ1) is 7.03. The van der Waals surface area contributed by atoms with Gasteiger partial charge in [-0.25, -0.2) is 0 Å². The van der Waals surface area contributed by atoms with Gasteiger partial charge in [-0.05, 0) is 6.42 Å². The van der Waals surface area contributed by atoms with Crippen LogP contribution in [-0.2, 0) is 9.47 Å².